The van der Waals surface area contributed by atoms with Crippen LogP contribution in [0.2, 0.25) is 0 Å². The van der Waals surface area contributed by atoms with Crippen LogP contribution in [0.5, 0.6) is 5.88 Å². The van der Waals surface area contributed by atoms with Crippen LogP contribution in [0.3, 0.4) is 0 Å². The number of H-pyrrole nitrogens is 1. The standard InChI is InChI=1S/C26H33N5O2/c1-3-29(4-2)13-14-30-15-17-31(18-16-30)21-11-9-20(10-12-21)27-19-24-22-7-5-6-8-23(22)25(32)28-26(24)33/h5-12,19H,3-4,13-18H2,1-2H3,(H2,28,32,33). The Kier molecular flexibility index (Phi) is 7.42. The smallest absolute Gasteiger partial charge is 0.258 e. The number of aromatic hydroxyl groups is 1. The molecular weight excluding hydrogens is 414 g/mol. The highest BCUT2D eigenvalue weighted by Gasteiger charge is 2.17. The average molecular weight is 448 g/mol. The first-order valence-corrected chi connectivity index (χ1v) is 11.8. The minimum atomic E-state index is -0.308. The molecule has 1 saturated heterocycles. The molecule has 0 radical (unpaired) electrons. The summed E-state index contributed by atoms with van der Waals surface area (Å²) in [6.07, 6.45) is 1.61. The summed E-state index contributed by atoms with van der Waals surface area (Å²) in [6.45, 7) is 13.2. The molecule has 0 spiro atoms. The zero-order valence-corrected chi connectivity index (χ0v) is 19.5. The number of hydrogen-bond acceptors (Lipinski definition) is 6. The van der Waals surface area contributed by atoms with Gasteiger partial charge < -0.3 is 14.9 Å². The van der Waals surface area contributed by atoms with Gasteiger partial charge in [0.25, 0.3) is 5.56 Å². The number of aromatic amines is 1. The molecule has 1 aliphatic heterocycles. The second kappa shape index (κ2) is 10.6. The zero-order valence-electron chi connectivity index (χ0n) is 19.5. The van der Waals surface area contributed by atoms with Gasteiger partial charge in [-0.25, -0.2) is 0 Å². The highest BCUT2D eigenvalue weighted by Crippen LogP contribution is 2.24. The molecule has 2 heterocycles. The number of hydrogen-bond donors (Lipinski definition) is 2. The van der Waals surface area contributed by atoms with Crippen molar-refractivity contribution in [3.05, 3.63) is 64.4 Å². The second-order valence-corrected chi connectivity index (χ2v) is 8.39. The van der Waals surface area contributed by atoms with E-state index in [0.29, 0.717) is 16.3 Å². The molecular formula is C26H33N5O2. The number of nitrogens with one attached hydrogen (secondary N) is 1. The molecule has 0 saturated carbocycles. The maximum Gasteiger partial charge on any atom is 0.258 e. The lowest BCUT2D eigenvalue weighted by atomic mass is 10.1. The number of benzene rings is 2. The number of piperazine rings is 1. The minimum absolute atomic E-state index is 0.169. The molecule has 0 aliphatic carbocycles. The minimum Gasteiger partial charge on any atom is -0.494 e. The highest BCUT2D eigenvalue weighted by molar-refractivity contribution is 6.01. The lowest BCUT2D eigenvalue weighted by Gasteiger charge is -2.37. The predicted octanol–water partition coefficient (Wildman–Crippen LogP) is 3.45. The number of anilines is 1. The van der Waals surface area contributed by atoms with Crippen LogP contribution in [0.15, 0.2) is 58.3 Å². The Balaban J connectivity index is 1.39. The van der Waals surface area contributed by atoms with E-state index >= 15 is 0 Å². The molecule has 0 unspecified atom stereocenters. The van der Waals surface area contributed by atoms with Crippen molar-refractivity contribution in [2.45, 2.75) is 13.8 Å². The third kappa shape index (κ3) is 5.43. The molecule has 1 aromatic heterocycles. The van der Waals surface area contributed by atoms with Gasteiger partial charge in [-0.3, -0.25) is 19.7 Å². The van der Waals surface area contributed by atoms with Crippen LogP contribution in [0.4, 0.5) is 11.4 Å². The van der Waals surface area contributed by atoms with Crippen molar-refractivity contribution in [2.24, 2.45) is 4.99 Å². The summed E-state index contributed by atoms with van der Waals surface area (Å²) in [5.41, 5.74) is 2.20. The van der Waals surface area contributed by atoms with Crippen molar-refractivity contribution in [3.8, 4) is 5.88 Å². The van der Waals surface area contributed by atoms with Crippen LogP contribution in [0, 0.1) is 0 Å². The molecule has 1 aliphatic rings. The summed E-state index contributed by atoms with van der Waals surface area (Å²) < 4.78 is 0. The van der Waals surface area contributed by atoms with Gasteiger partial charge in [0, 0.05) is 61.9 Å². The quantitative estimate of drug-likeness (QED) is 0.518. The van der Waals surface area contributed by atoms with Gasteiger partial charge in [-0.2, -0.15) is 0 Å². The molecule has 174 valence electrons. The van der Waals surface area contributed by atoms with E-state index < -0.39 is 0 Å². The van der Waals surface area contributed by atoms with E-state index in [9.17, 15) is 9.90 Å². The Morgan fingerprint density at radius 2 is 1.67 bits per heavy atom. The molecule has 2 N–H and O–H groups in total. The number of aromatic nitrogens is 1. The second-order valence-electron chi connectivity index (χ2n) is 8.39. The maximum atomic E-state index is 12.1. The number of nitrogens with zero attached hydrogens (tertiary/aromatic N) is 4. The van der Waals surface area contributed by atoms with Crippen molar-refractivity contribution in [3.63, 3.8) is 0 Å². The molecule has 0 amide bonds. The lowest BCUT2D eigenvalue weighted by molar-refractivity contribution is 0.206. The average Bonchev–Trinajstić information content (AvgIpc) is 2.85. The van der Waals surface area contributed by atoms with Crippen molar-refractivity contribution in [1.82, 2.24) is 14.8 Å². The highest BCUT2D eigenvalue weighted by atomic mass is 16.3. The summed E-state index contributed by atoms with van der Waals surface area (Å²) in [7, 11) is 0. The maximum absolute atomic E-state index is 12.1. The zero-order chi connectivity index (χ0) is 23.2. The van der Waals surface area contributed by atoms with Crippen LogP contribution < -0.4 is 10.5 Å². The summed E-state index contributed by atoms with van der Waals surface area (Å²) in [4.78, 5) is 26.5. The molecule has 0 atom stereocenters. The number of aliphatic imine (C=N–C) groups is 1. The topological polar surface area (TPSA) is 75.2 Å². The van der Waals surface area contributed by atoms with E-state index in [4.69, 9.17) is 0 Å². The molecule has 33 heavy (non-hydrogen) atoms. The van der Waals surface area contributed by atoms with E-state index in [1.54, 1.807) is 18.3 Å². The summed E-state index contributed by atoms with van der Waals surface area (Å²) in [5, 5.41) is 11.4. The van der Waals surface area contributed by atoms with E-state index in [1.165, 1.54) is 5.69 Å². The van der Waals surface area contributed by atoms with Crippen LogP contribution in [-0.4, -0.2) is 78.5 Å². The molecule has 1 fully saturated rings. The van der Waals surface area contributed by atoms with Crippen LogP contribution in [0.25, 0.3) is 10.8 Å². The van der Waals surface area contributed by atoms with Gasteiger partial charge in [-0.05, 0) is 43.4 Å². The Morgan fingerprint density at radius 1 is 1.00 bits per heavy atom. The Bertz CT molecular complexity index is 1140. The molecule has 4 rings (SSSR count). The van der Waals surface area contributed by atoms with Gasteiger partial charge in [0.2, 0.25) is 5.88 Å². The Morgan fingerprint density at radius 3 is 2.33 bits per heavy atom. The van der Waals surface area contributed by atoms with Crippen LogP contribution >= 0.6 is 0 Å². The van der Waals surface area contributed by atoms with E-state index in [1.807, 2.05) is 24.3 Å². The van der Waals surface area contributed by atoms with E-state index in [-0.39, 0.29) is 11.4 Å². The fourth-order valence-corrected chi connectivity index (χ4v) is 4.36. The van der Waals surface area contributed by atoms with Gasteiger partial charge in [0.15, 0.2) is 0 Å². The largest absolute Gasteiger partial charge is 0.494 e. The predicted molar refractivity (Wildman–Crippen MR) is 136 cm³/mol. The molecule has 7 heteroatoms. The number of pyridine rings is 1. The Hall–Kier alpha value is -3.16. The van der Waals surface area contributed by atoms with Crippen LogP contribution in [-0.2, 0) is 0 Å². The van der Waals surface area contributed by atoms with Crippen molar-refractivity contribution in [2.75, 3.05) is 57.3 Å². The van der Waals surface area contributed by atoms with Crippen molar-refractivity contribution < 1.29 is 5.11 Å². The van der Waals surface area contributed by atoms with Gasteiger partial charge in [0.05, 0.1) is 11.3 Å². The molecule has 3 aromatic rings. The SMILES string of the molecule is CCN(CC)CCN1CCN(c2ccc(N=Cc3c(O)[nH]c(=O)c4ccccc34)cc2)CC1. The molecule has 7 nitrogen and oxygen atoms in total. The first kappa shape index (κ1) is 23.0. The summed E-state index contributed by atoms with van der Waals surface area (Å²) >= 11 is 0. The molecule has 0 bridgehead atoms. The first-order valence-electron chi connectivity index (χ1n) is 11.8. The number of rotatable bonds is 8. The summed E-state index contributed by atoms with van der Waals surface area (Å²) in [5.74, 6) is -0.169. The third-order valence-corrected chi connectivity index (χ3v) is 6.51. The fraction of sp³-hybridized carbons (Fsp3) is 0.385. The number of fused-ring (bicyclic) bond motifs is 1. The lowest BCUT2D eigenvalue weighted by Crippen LogP contribution is -2.48. The van der Waals surface area contributed by atoms with E-state index in [2.05, 4.69) is 50.7 Å². The third-order valence-electron chi connectivity index (χ3n) is 6.51. The van der Waals surface area contributed by atoms with Gasteiger partial charge in [-0.1, -0.05) is 32.0 Å². The Labute approximate surface area is 195 Å². The van der Waals surface area contributed by atoms with Gasteiger partial charge >= 0.3 is 0 Å². The number of likely N-dealkylation sites (N-methyl/N-ethyl adjacent to an activating group) is 1. The van der Waals surface area contributed by atoms with Crippen LogP contribution in [0.1, 0.15) is 19.4 Å². The summed E-state index contributed by atoms with van der Waals surface area (Å²) in [6, 6.07) is 15.4. The van der Waals surface area contributed by atoms with Crippen molar-refractivity contribution in [1.29, 1.82) is 0 Å². The van der Waals surface area contributed by atoms with Crippen molar-refractivity contribution >= 4 is 28.4 Å². The first-order chi connectivity index (χ1) is 16.1. The fourth-order valence-electron chi connectivity index (χ4n) is 4.36. The van der Waals surface area contributed by atoms with Gasteiger partial charge in [-0.15, -0.1) is 0 Å². The normalized spacial score (nSPS) is 15.2. The monoisotopic (exact) mass is 447 g/mol. The van der Waals surface area contributed by atoms with E-state index in [0.717, 1.165) is 58.0 Å². The van der Waals surface area contributed by atoms with Gasteiger partial charge in [0.1, 0.15) is 0 Å². The molecule has 2 aromatic carbocycles.